The van der Waals surface area contributed by atoms with Crippen molar-refractivity contribution in [3.63, 3.8) is 0 Å². The summed E-state index contributed by atoms with van der Waals surface area (Å²) >= 11 is 0. The summed E-state index contributed by atoms with van der Waals surface area (Å²) in [6.45, 7) is 0. The standard InChI is InChI=1S/C35H26N4O27S8.8Na/c40-33(36-25-11-17(67(43,44)45)7-15-9-19(69(49,50)51)13-27(29(15)25)71(55,56)57)21-3-1-5-23(31(21)73(61,62)63)38-35(42)39-24-6-2-4-22(32(24)74(64,65)66)34(41)37-26-12-18(68(46,47)48)8-16-10-20(70(52,53)54)14-28(30(16)26)72(58,59)60;;;;;;;;/h1-14H,(H,36,40)(H,37,41)(H2,38,39,42)(H,43,44,45)(H,46,47,48)(H,49,50,51)(H,52,53,54)(H,55,56,57)(H,58,59,60)(H,61,62,63)(H,64,65,66);;;;;;;;/q;8*+1/p-8. The van der Waals surface area contributed by atoms with Crippen LogP contribution in [0.3, 0.4) is 0 Å². The Balaban J connectivity index is -0.00000780. The van der Waals surface area contributed by atoms with E-state index >= 15 is 0 Å². The van der Waals surface area contributed by atoms with Gasteiger partial charge in [-0.25, -0.2) is 72.1 Å². The van der Waals surface area contributed by atoms with Gasteiger partial charge in [-0.3, -0.25) is 9.59 Å². The van der Waals surface area contributed by atoms with E-state index in [9.17, 15) is 118 Å². The maximum Gasteiger partial charge on any atom is 1.00 e. The van der Waals surface area contributed by atoms with E-state index in [1.54, 1.807) is 21.3 Å². The number of hydrogen-bond donors (Lipinski definition) is 4. The molecule has 0 spiro atoms. The number of amides is 4. The van der Waals surface area contributed by atoms with E-state index in [0.29, 0.717) is 36.4 Å². The number of anilines is 4. The predicted octanol–water partition coefficient (Wildman–Crippen LogP) is -24.6. The van der Waals surface area contributed by atoms with E-state index in [2.05, 4.69) is 0 Å². The van der Waals surface area contributed by atoms with Crippen molar-refractivity contribution in [2.45, 2.75) is 39.2 Å². The second-order valence-electron chi connectivity index (χ2n) is 14.5. The molecule has 47 heteroatoms. The Morgan fingerprint density at radius 1 is 0.305 bits per heavy atom. The Bertz CT molecular complexity index is 4210. The molecular weight excluding hydrogens is 1350 g/mol. The molecule has 82 heavy (non-hydrogen) atoms. The summed E-state index contributed by atoms with van der Waals surface area (Å²) < 4.78 is 293. The molecule has 4 amide bonds. The molecule has 31 nitrogen and oxygen atoms in total. The van der Waals surface area contributed by atoms with Crippen LogP contribution < -0.4 is 258 Å². The van der Waals surface area contributed by atoms with Crippen molar-refractivity contribution in [2.24, 2.45) is 0 Å². The number of benzene rings is 6. The van der Waals surface area contributed by atoms with E-state index in [1.807, 2.05) is 0 Å². The van der Waals surface area contributed by atoms with Crippen molar-refractivity contribution in [2.75, 3.05) is 21.3 Å². The fourth-order valence-electron chi connectivity index (χ4n) is 6.84. The molecule has 4 N–H and O–H groups in total. The average molecular weight is 1370 g/mol. The van der Waals surface area contributed by atoms with Crippen molar-refractivity contribution in [1.82, 2.24) is 0 Å². The van der Waals surface area contributed by atoms with E-state index in [0.717, 1.165) is 0 Å². The predicted molar refractivity (Wildman–Crippen MR) is 233 cm³/mol. The van der Waals surface area contributed by atoms with Crippen LogP contribution in [0.2, 0.25) is 0 Å². The molecule has 0 heterocycles. The molecule has 0 aromatic heterocycles. The van der Waals surface area contributed by atoms with Gasteiger partial charge < -0.3 is 57.7 Å². The van der Waals surface area contributed by atoms with Crippen molar-refractivity contribution >= 4 is 143 Å². The number of carbonyl (C=O) groups is 3. The summed E-state index contributed by atoms with van der Waals surface area (Å²) in [6, 6.07) is 3.30. The molecule has 0 atom stereocenters. The molecule has 6 rings (SSSR count). The van der Waals surface area contributed by atoms with Gasteiger partial charge in [0.25, 0.3) is 11.8 Å². The van der Waals surface area contributed by atoms with Crippen molar-refractivity contribution in [1.29, 1.82) is 0 Å². The average Bonchev–Trinajstić information content (AvgIpc) is 3.22. The molecule has 0 unspecified atom stereocenters. The number of nitrogens with one attached hydrogen (secondary N) is 4. The second kappa shape index (κ2) is 32.1. The Morgan fingerprint density at radius 2 is 0.561 bits per heavy atom. The van der Waals surface area contributed by atoms with Gasteiger partial charge in [0, 0.05) is 10.8 Å². The minimum absolute atomic E-state index is 0. The van der Waals surface area contributed by atoms with Gasteiger partial charge in [-0.15, -0.1) is 0 Å². The van der Waals surface area contributed by atoms with Gasteiger partial charge in [0.15, 0.2) is 0 Å². The van der Waals surface area contributed by atoms with Crippen LogP contribution in [0.5, 0.6) is 0 Å². The first-order chi connectivity index (χ1) is 33.5. The van der Waals surface area contributed by atoms with Gasteiger partial charge in [-0.2, -0.15) is 0 Å². The molecule has 0 aliphatic rings. The van der Waals surface area contributed by atoms with Crippen LogP contribution in [-0.2, 0) is 80.9 Å². The third-order valence-corrected chi connectivity index (χ3v) is 16.5. The molecule has 0 fully saturated rings. The fraction of sp³-hybridized carbons (Fsp3) is 0. The largest absolute Gasteiger partial charge is 1.00 e. The Hall–Kier alpha value is 1.33. The van der Waals surface area contributed by atoms with Crippen LogP contribution in [0.1, 0.15) is 20.7 Å². The maximum absolute atomic E-state index is 13.7. The SMILES string of the molecule is O=C(Nc1cccc(C(=O)Nc2cc(S(=O)(=O)[O-])cc3cc(S(=O)(=O)[O-])cc(S(=O)(=O)[O-])c23)c1S(=O)(=O)[O-])Nc1cccc(C(=O)Nc2cc(S(=O)(=O)[O-])cc3cc(S(=O)(=O)[O-])cc(S(=O)(=O)[O-])c23)c1S(=O)(=O)[O-].[Na+].[Na+].[Na+].[Na+].[Na+].[Na+].[Na+].[Na+]. The van der Waals surface area contributed by atoms with Gasteiger partial charge >= 0.3 is 242 Å². The normalized spacial score (nSPS) is 11.8. The molecular formula is C35H18N4Na8O27S8. The molecule has 396 valence electrons. The summed E-state index contributed by atoms with van der Waals surface area (Å²) in [5.41, 5.74) is -7.49. The molecule has 0 saturated heterocycles. The Morgan fingerprint density at radius 3 is 0.793 bits per heavy atom. The second-order valence-corrected chi connectivity index (χ2v) is 25.3. The molecule has 0 bridgehead atoms. The van der Waals surface area contributed by atoms with E-state index in [1.165, 1.54) is 0 Å². The van der Waals surface area contributed by atoms with Gasteiger partial charge in [0.2, 0.25) is 0 Å². The topological polar surface area (TPSA) is 557 Å². The Labute approximate surface area is 642 Å². The summed E-state index contributed by atoms with van der Waals surface area (Å²) in [7, 11) is -46.7. The van der Waals surface area contributed by atoms with Crippen molar-refractivity contribution in [3.8, 4) is 0 Å². The van der Waals surface area contributed by atoms with Crippen LogP contribution in [0, 0.1) is 0 Å². The van der Waals surface area contributed by atoms with Crippen molar-refractivity contribution < 1.29 is 355 Å². The van der Waals surface area contributed by atoms with Gasteiger partial charge in [0.1, 0.15) is 80.9 Å². The van der Waals surface area contributed by atoms with Crippen molar-refractivity contribution in [3.05, 3.63) is 96.1 Å². The van der Waals surface area contributed by atoms with Crippen LogP contribution in [-0.4, -0.2) is 122 Å². The molecule has 6 aromatic rings. The molecule has 0 radical (unpaired) electrons. The molecule has 6 aromatic carbocycles. The van der Waals surface area contributed by atoms with Crippen LogP contribution in [0.15, 0.2) is 124 Å². The monoisotopic (exact) mass is 1370 g/mol. The summed E-state index contributed by atoms with van der Waals surface area (Å²) in [5.74, 6) is -3.75. The molecule has 0 aliphatic carbocycles. The van der Waals surface area contributed by atoms with E-state index in [4.69, 9.17) is 0 Å². The fourth-order valence-corrected chi connectivity index (χ4v) is 12.3. The number of rotatable bonds is 14. The first kappa shape index (κ1) is 87.5. The third-order valence-electron chi connectivity index (χ3n) is 9.63. The van der Waals surface area contributed by atoms with Crippen LogP contribution in [0.4, 0.5) is 27.5 Å². The third kappa shape index (κ3) is 21.2. The molecule has 0 aliphatic heterocycles. The number of hydrogen-bond acceptors (Lipinski definition) is 27. The smallest absolute Gasteiger partial charge is 0.744 e. The zero-order valence-electron chi connectivity index (χ0n) is 42.9. The Kier molecular flexibility index (Phi) is 34.2. The minimum Gasteiger partial charge on any atom is -0.744 e. The van der Waals surface area contributed by atoms with Crippen LogP contribution >= 0.6 is 0 Å². The number of fused-ring (bicyclic) bond motifs is 2. The van der Waals surface area contributed by atoms with E-state index < -0.39 is 193 Å². The summed E-state index contributed by atoms with van der Waals surface area (Å²) in [5, 5.41) is 2.76. The minimum atomic E-state index is -6.08. The summed E-state index contributed by atoms with van der Waals surface area (Å²) in [6.07, 6.45) is 0. The first-order valence-corrected chi connectivity index (χ1v) is 29.6. The first-order valence-electron chi connectivity index (χ1n) is 18.4. The van der Waals surface area contributed by atoms with Crippen LogP contribution in [0.25, 0.3) is 21.5 Å². The van der Waals surface area contributed by atoms with Gasteiger partial charge in [-0.1, -0.05) is 12.1 Å². The van der Waals surface area contributed by atoms with Gasteiger partial charge in [-0.05, 0) is 83.6 Å². The molecule has 0 saturated carbocycles. The zero-order chi connectivity index (χ0) is 55.9. The number of carbonyl (C=O) groups excluding carboxylic acids is 3. The van der Waals surface area contributed by atoms with Gasteiger partial charge in [0.05, 0.1) is 73.0 Å². The quantitative estimate of drug-likeness (QED) is 0.0581. The zero-order valence-corrected chi connectivity index (χ0v) is 65.4. The number of urea groups is 1. The van der Waals surface area contributed by atoms with E-state index in [-0.39, 0.29) is 285 Å². The maximum atomic E-state index is 13.7. The summed E-state index contributed by atoms with van der Waals surface area (Å²) in [4.78, 5) is 28.5.